The molecule has 0 saturated heterocycles. The van der Waals surface area contributed by atoms with E-state index in [1.54, 1.807) is 12.3 Å². The molecule has 6 nitrogen and oxygen atoms in total. The van der Waals surface area contributed by atoms with Gasteiger partial charge in [-0.2, -0.15) is 0 Å². The van der Waals surface area contributed by atoms with E-state index in [1.807, 2.05) is 13.0 Å². The Bertz CT molecular complexity index is 710. The van der Waals surface area contributed by atoms with Crippen molar-refractivity contribution in [3.8, 4) is 0 Å². The molecule has 0 aliphatic heterocycles. The zero-order valence-electron chi connectivity index (χ0n) is 11.9. The molecule has 1 aromatic heterocycles. The first-order chi connectivity index (χ1) is 9.98. The first-order valence-corrected chi connectivity index (χ1v) is 7.05. The van der Waals surface area contributed by atoms with Crippen molar-refractivity contribution in [2.24, 2.45) is 5.73 Å². The van der Waals surface area contributed by atoms with E-state index in [4.69, 9.17) is 5.73 Å². The molecule has 0 radical (unpaired) electrons. The molecule has 0 atom stereocenters. The number of non-ortho nitro benzene ring substituents is 1. The van der Waals surface area contributed by atoms with Crippen LogP contribution in [0.15, 0.2) is 24.4 Å². The fourth-order valence-electron chi connectivity index (χ4n) is 2.72. The van der Waals surface area contributed by atoms with Gasteiger partial charge in [-0.15, -0.1) is 0 Å². The second kappa shape index (κ2) is 4.96. The third-order valence-electron chi connectivity index (χ3n) is 4.19. The molecule has 0 amide bonds. The Labute approximate surface area is 122 Å². The van der Waals surface area contributed by atoms with Crippen LogP contribution in [0.1, 0.15) is 25.0 Å². The maximum Gasteiger partial charge on any atom is 0.278 e. The number of nitrogens with zero attached hydrogens (tertiary/aromatic N) is 2. The number of anilines is 1. The Balaban J connectivity index is 2.00. The van der Waals surface area contributed by atoms with Crippen molar-refractivity contribution in [1.29, 1.82) is 0 Å². The van der Waals surface area contributed by atoms with Crippen LogP contribution in [0.5, 0.6) is 0 Å². The fourth-order valence-corrected chi connectivity index (χ4v) is 2.72. The van der Waals surface area contributed by atoms with Gasteiger partial charge in [0.25, 0.3) is 5.69 Å². The number of aryl methyl sites for hydroxylation is 1. The van der Waals surface area contributed by atoms with Crippen LogP contribution in [-0.2, 0) is 0 Å². The Kier molecular flexibility index (Phi) is 3.25. The first-order valence-electron chi connectivity index (χ1n) is 7.05. The highest BCUT2D eigenvalue weighted by Gasteiger charge is 2.32. The van der Waals surface area contributed by atoms with Gasteiger partial charge < -0.3 is 11.1 Å². The molecule has 21 heavy (non-hydrogen) atoms. The van der Waals surface area contributed by atoms with Gasteiger partial charge >= 0.3 is 0 Å². The van der Waals surface area contributed by atoms with Crippen LogP contribution >= 0.6 is 0 Å². The van der Waals surface area contributed by atoms with E-state index >= 15 is 0 Å². The molecule has 6 heteroatoms. The van der Waals surface area contributed by atoms with Crippen molar-refractivity contribution in [3.05, 3.63) is 40.2 Å². The Hall–Kier alpha value is -2.21. The van der Waals surface area contributed by atoms with Gasteiger partial charge in [0.05, 0.1) is 10.3 Å². The molecule has 1 heterocycles. The summed E-state index contributed by atoms with van der Waals surface area (Å²) < 4.78 is 0. The lowest BCUT2D eigenvalue weighted by atomic mass is 9.78. The van der Waals surface area contributed by atoms with Gasteiger partial charge in [-0.1, -0.05) is 0 Å². The zero-order chi connectivity index (χ0) is 15.0. The molecule has 1 aliphatic carbocycles. The molecule has 3 N–H and O–H groups in total. The van der Waals surface area contributed by atoms with Gasteiger partial charge in [0.1, 0.15) is 0 Å². The van der Waals surface area contributed by atoms with Crippen LogP contribution in [0.25, 0.3) is 10.8 Å². The SMILES string of the molecule is Cc1cc2c(NCC3(N)CCC3)ccc([N+](=O)[O-])c2cn1. The maximum absolute atomic E-state index is 11.1. The minimum absolute atomic E-state index is 0.0779. The normalized spacial score (nSPS) is 16.5. The van der Waals surface area contributed by atoms with Crippen molar-refractivity contribution in [2.75, 3.05) is 11.9 Å². The number of hydrogen-bond acceptors (Lipinski definition) is 5. The molecule has 1 fully saturated rings. The van der Waals surface area contributed by atoms with Gasteiger partial charge in [-0.25, -0.2) is 0 Å². The highest BCUT2D eigenvalue weighted by molar-refractivity contribution is 5.99. The van der Waals surface area contributed by atoms with Gasteiger partial charge in [0, 0.05) is 41.1 Å². The Morgan fingerprint density at radius 1 is 1.43 bits per heavy atom. The van der Waals surface area contributed by atoms with Crippen LogP contribution in [-0.4, -0.2) is 22.0 Å². The number of nitrogens with one attached hydrogen (secondary N) is 1. The van der Waals surface area contributed by atoms with Crippen molar-refractivity contribution in [3.63, 3.8) is 0 Å². The maximum atomic E-state index is 11.1. The van der Waals surface area contributed by atoms with Gasteiger partial charge in [0.2, 0.25) is 0 Å². The van der Waals surface area contributed by atoms with E-state index in [1.165, 1.54) is 12.5 Å². The second-order valence-corrected chi connectivity index (χ2v) is 5.83. The van der Waals surface area contributed by atoms with Gasteiger partial charge in [-0.05, 0) is 38.3 Å². The molecule has 2 aromatic rings. The fraction of sp³-hybridized carbons (Fsp3) is 0.400. The van der Waals surface area contributed by atoms with E-state index < -0.39 is 0 Å². The van der Waals surface area contributed by atoms with Crippen molar-refractivity contribution in [2.45, 2.75) is 31.7 Å². The third kappa shape index (κ3) is 2.54. The minimum atomic E-state index is -0.376. The molecule has 0 unspecified atom stereocenters. The highest BCUT2D eigenvalue weighted by Crippen LogP contribution is 2.33. The van der Waals surface area contributed by atoms with E-state index in [-0.39, 0.29) is 16.1 Å². The lowest BCUT2D eigenvalue weighted by Crippen LogP contribution is -2.51. The summed E-state index contributed by atoms with van der Waals surface area (Å²) in [7, 11) is 0. The molecule has 3 rings (SSSR count). The number of fused-ring (bicyclic) bond motifs is 1. The van der Waals surface area contributed by atoms with Crippen LogP contribution < -0.4 is 11.1 Å². The smallest absolute Gasteiger partial charge is 0.278 e. The summed E-state index contributed by atoms with van der Waals surface area (Å²) in [6.45, 7) is 2.56. The number of rotatable bonds is 4. The summed E-state index contributed by atoms with van der Waals surface area (Å²) in [6.07, 6.45) is 4.77. The zero-order valence-corrected chi connectivity index (χ0v) is 11.9. The summed E-state index contributed by atoms with van der Waals surface area (Å²) in [6, 6.07) is 5.14. The number of benzene rings is 1. The van der Waals surface area contributed by atoms with Crippen LogP contribution in [0, 0.1) is 17.0 Å². The third-order valence-corrected chi connectivity index (χ3v) is 4.19. The van der Waals surface area contributed by atoms with Crippen LogP contribution in [0.2, 0.25) is 0 Å². The molecule has 110 valence electrons. The average Bonchev–Trinajstić information content (AvgIpc) is 2.42. The van der Waals surface area contributed by atoms with Gasteiger partial charge in [0.15, 0.2) is 0 Å². The van der Waals surface area contributed by atoms with Crippen LogP contribution in [0.3, 0.4) is 0 Å². The van der Waals surface area contributed by atoms with E-state index in [0.717, 1.165) is 29.6 Å². The number of nitro benzene ring substituents is 1. The molecule has 0 spiro atoms. The summed E-state index contributed by atoms with van der Waals surface area (Å²) in [5.74, 6) is 0. The highest BCUT2D eigenvalue weighted by atomic mass is 16.6. The number of aromatic nitrogens is 1. The summed E-state index contributed by atoms with van der Waals surface area (Å²) in [5, 5.41) is 15.8. The first kappa shape index (κ1) is 13.8. The monoisotopic (exact) mass is 286 g/mol. The lowest BCUT2D eigenvalue weighted by Gasteiger charge is -2.38. The summed E-state index contributed by atoms with van der Waals surface area (Å²) >= 11 is 0. The standard InChI is InChI=1S/C15H18N4O2/c1-10-7-11-12(8-17-10)14(19(20)21)4-3-13(11)18-9-15(16)5-2-6-15/h3-4,7-8,18H,2,5-6,9,16H2,1H3. The Morgan fingerprint density at radius 3 is 2.81 bits per heavy atom. The lowest BCUT2D eigenvalue weighted by molar-refractivity contribution is -0.383. The molecular weight excluding hydrogens is 268 g/mol. The summed E-state index contributed by atoms with van der Waals surface area (Å²) in [4.78, 5) is 14.9. The van der Waals surface area contributed by atoms with E-state index in [2.05, 4.69) is 10.3 Å². The summed E-state index contributed by atoms with van der Waals surface area (Å²) in [5.41, 5.74) is 7.86. The topological polar surface area (TPSA) is 94.1 Å². The van der Waals surface area contributed by atoms with Crippen molar-refractivity contribution < 1.29 is 4.92 Å². The average molecular weight is 286 g/mol. The molecular formula is C15H18N4O2. The van der Waals surface area contributed by atoms with E-state index in [0.29, 0.717) is 11.9 Å². The minimum Gasteiger partial charge on any atom is -0.383 e. The Morgan fingerprint density at radius 2 is 2.19 bits per heavy atom. The molecule has 1 aliphatic rings. The molecule has 0 bridgehead atoms. The quantitative estimate of drug-likeness (QED) is 0.665. The largest absolute Gasteiger partial charge is 0.383 e. The number of nitrogens with two attached hydrogens (primary N) is 1. The predicted octanol–water partition coefficient (Wildman–Crippen LogP) is 2.74. The van der Waals surface area contributed by atoms with E-state index in [9.17, 15) is 10.1 Å². The molecule has 1 aromatic carbocycles. The number of hydrogen-bond donors (Lipinski definition) is 2. The molecule has 1 saturated carbocycles. The predicted molar refractivity (Wildman–Crippen MR) is 82.4 cm³/mol. The van der Waals surface area contributed by atoms with Crippen LogP contribution in [0.4, 0.5) is 11.4 Å². The van der Waals surface area contributed by atoms with Crippen molar-refractivity contribution in [1.82, 2.24) is 4.98 Å². The van der Waals surface area contributed by atoms with Crippen molar-refractivity contribution >= 4 is 22.1 Å². The number of nitro groups is 1. The van der Waals surface area contributed by atoms with Gasteiger partial charge in [-0.3, -0.25) is 15.1 Å². The number of pyridine rings is 1. The second-order valence-electron chi connectivity index (χ2n) is 5.83.